The smallest absolute Gasteiger partial charge is 0.124 e. The Morgan fingerprint density at radius 3 is 2.70 bits per heavy atom. The largest absolute Gasteiger partial charge is 0.492 e. The van der Waals surface area contributed by atoms with E-state index >= 15 is 0 Å². The highest BCUT2D eigenvalue weighted by molar-refractivity contribution is 8.00. The van der Waals surface area contributed by atoms with Gasteiger partial charge in [-0.15, -0.1) is 11.8 Å². The number of ether oxygens (including phenoxy) is 1. The summed E-state index contributed by atoms with van der Waals surface area (Å²) in [5, 5.41) is 0.256. The van der Waals surface area contributed by atoms with Gasteiger partial charge in [-0.25, -0.2) is 0 Å². The number of nitrogens with two attached hydrogens (primary N) is 1. The fourth-order valence-electron chi connectivity index (χ4n) is 2.43. The molecule has 2 aromatic rings. The first kappa shape index (κ1) is 13.5. The maximum absolute atomic E-state index is 6.41. The minimum absolute atomic E-state index is 0.0200. The van der Waals surface area contributed by atoms with E-state index in [4.69, 9.17) is 10.5 Å². The van der Waals surface area contributed by atoms with Crippen LogP contribution in [0.4, 0.5) is 0 Å². The molecule has 1 heterocycles. The first-order valence-electron chi connectivity index (χ1n) is 6.86. The van der Waals surface area contributed by atoms with Crippen molar-refractivity contribution >= 4 is 11.8 Å². The number of fused-ring (bicyclic) bond motifs is 1. The van der Waals surface area contributed by atoms with Crippen molar-refractivity contribution in [3.63, 3.8) is 0 Å². The molecular formula is C17H19NOS. The molecule has 0 bridgehead atoms. The van der Waals surface area contributed by atoms with Gasteiger partial charge >= 0.3 is 0 Å². The summed E-state index contributed by atoms with van der Waals surface area (Å²) in [5.41, 5.74) is 10.2. The highest BCUT2D eigenvalue weighted by Crippen LogP contribution is 2.38. The van der Waals surface area contributed by atoms with Crippen LogP contribution >= 0.6 is 11.8 Å². The molecule has 0 aliphatic carbocycles. The van der Waals surface area contributed by atoms with Crippen LogP contribution in [0.1, 0.15) is 22.7 Å². The average Bonchev–Trinajstić information content (AvgIpc) is 2.46. The summed E-state index contributed by atoms with van der Waals surface area (Å²) in [6.07, 6.45) is 0. The molecule has 20 heavy (non-hydrogen) atoms. The zero-order chi connectivity index (χ0) is 14.1. The summed E-state index contributed by atoms with van der Waals surface area (Å²) >= 11 is 1.81. The molecule has 0 radical (unpaired) electrons. The molecule has 104 valence electrons. The topological polar surface area (TPSA) is 35.2 Å². The zero-order valence-corrected chi connectivity index (χ0v) is 12.6. The maximum Gasteiger partial charge on any atom is 0.124 e. The second-order valence-corrected chi connectivity index (χ2v) is 6.59. The molecule has 0 saturated heterocycles. The van der Waals surface area contributed by atoms with Crippen molar-refractivity contribution in [1.82, 2.24) is 0 Å². The second kappa shape index (κ2) is 5.51. The van der Waals surface area contributed by atoms with E-state index < -0.39 is 0 Å². The Kier molecular flexibility index (Phi) is 3.72. The van der Waals surface area contributed by atoms with Crippen LogP contribution in [0.2, 0.25) is 0 Å². The van der Waals surface area contributed by atoms with Crippen molar-refractivity contribution in [3.05, 3.63) is 59.2 Å². The van der Waals surface area contributed by atoms with Gasteiger partial charge in [0.25, 0.3) is 0 Å². The summed E-state index contributed by atoms with van der Waals surface area (Å²) in [7, 11) is 0. The van der Waals surface area contributed by atoms with Crippen LogP contribution in [-0.2, 0) is 0 Å². The number of hydrogen-bond acceptors (Lipinski definition) is 3. The molecule has 2 aromatic carbocycles. The fourth-order valence-corrected chi connectivity index (χ4v) is 3.60. The number of thioether (sulfide) groups is 1. The molecule has 2 unspecified atom stereocenters. The van der Waals surface area contributed by atoms with E-state index in [9.17, 15) is 0 Å². The van der Waals surface area contributed by atoms with Crippen molar-refractivity contribution in [3.8, 4) is 5.75 Å². The van der Waals surface area contributed by atoms with Crippen LogP contribution in [0.15, 0.2) is 47.4 Å². The minimum atomic E-state index is 0.0200. The first-order valence-corrected chi connectivity index (χ1v) is 7.74. The Balaban J connectivity index is 1.81. The van der Waals surface area contributed by atoms with Gasteiger partial charge in [-0.05, 0) is 43.2 Å². The predicted molar refractivity (Wildman–Crippen MR) is 84.4 cm³/mol. The third-order valence-electron chi connectivity index (χ3n) is 3.85. The zero-order valence-electron chi connectivity index (χ0n) is 11.8. The standard InChI is InChI=1S/C17H19NOS/c1-11-7-8-13(9-12(11)2)20-16-10-19-15-6-4-3-5-14(15)17(16)18/h3-9,16-17H,10,18H2,1-2H3. The lowest BCUT2D eigenvalue weighted by Crippen LogP contribution is -2.33. The summed E-state index contributed by atoms with van der Waals surface area (Å²) in [4.78, 5) is 1.26. The first-order chi connectivity index (χ1) is 9.65. The number of para-hydroxylation sites is 1. The normalized spacial score (nSPS) is 21.1. The molecule has 2 nitrogen and oxygen atoms in total. The molecule has 0 amide bonds. The van der Waals surface area contributed by atoms with Crippen molar-refractivity contribution in [2.45, 2.75) is 30.0 Å². The number of benzene rings is 2. The van der Waals surface area contributed by atoms with Gasteiger partial charge in [-0.3, -0.25) is 0 Å². The Morgan fingerprint density at radius 2 is 1.90 bits per heavy atom. The molecule has 0 saturated carbocycles. The number of aryl methyl sites for hydroxylation is 2. The molecule has 3 heteroatoms. The Morgan fingerprint density at radius 1 is 1.10 bits per heavy atom. The van der Waals surface area contributed by atoms with Gasteiger partial charge in [0, 0.05) is 16.5 Å². The minimum Gasteiger partial charge on any atom is -0.492 e. The lowest BCUT2D eigenvalue weighted by molar-refractivity contribution is 0.276. The molecule has 0 fully saturated rings. The van der Waals surface area contributed by atoms with E-state index in [0.29, 0.717) is 6.61 Å². The van der Waals surface area contributed by atoms with Gasteiger partial charge in [0.15, 0.2) is 0 Å². The van der Waals surface area contributed by atoms with Crippen LogP contribution < -0.4 is 10.5 Å². The summed E-state index contributed by atoms with van der Waals surface area (Å²) < 4.78 is 5.83. The molecule has 1 aliphatic heterocycles. The van der Waals surface area contributed by atoms with E-state index in [1.165, 1.54) is 16.0 Å². The summed E-state index contributed by atoms with van der Waals surface area (Å²) in [5.74, 6) is 0.928. The van der Waals surface area contributed by atoms with E-state index in [1.807, 2.05) is 30.0 Å². The van der Waals surface area contributed by atoms with Crippen molar-refractivity contribution in [1.29, 1.82) is 0 Å². The molecule has 3 rings (SSSR count). The van der Waals surface area contributed by atoms with Crippen LogP contribution in [0, 0.1) is 13.8 Å². The van der Waals surface area contributed by atoms with Crippen molar-refractivity contribution in [2.75, 3.05) is 6.61 Å². The van der Waals surface area contributed by atoms with E-state index in [-0.39, 0.29) is 11.3 Å². The Labute approximate surface area is 124 Å². The molecule has 0 spiro atoms. The molecule has 0 aromatic heterocycles. The van der Waals surface area contributed by atoms with E-state index in [0.717, 1.165) is 11.3 Å². The van der Waals surface area contributed by atoms with Crippen molar-refractivity contribution in [2.24, 2.45) is 5.73 Å². The van der Waals surface area contributed by atoms with Crippen LogP contribution in [-0.4, -0.2) is 11.9 Å². The third kappa shape index (κ3) is 2.56. The lowest BCUT2D eigenvalue weighted by Gasteiger charge is -2.30. The highest BCUT2D eigenvalue weighted by Gasteiger charge is 2.28. The second-order valence-electron chi connectivity index (χ2n) is 5.28. The summed E-state index contributed by atoms with van der Waals surface area (Å²) in [6, 6.07) is 14.6. The van der Waals surface area contributed by atoms with Gasteiger partial charge < -0.3 is 10.5 Å². The highest BCUT2D eigenvalue weighted by atomic mass is 32.2. The Bertz CT molecular complexity index is 626. The molecular weight excluding hydrogens is 266 g/mol. The Hall–Kier alpha value is -1.45. The van der Waals surface area contributed by atoms with Crippen LogP contribution in [0.25, 0.3) is 0 Å². The SMILES string of the molecule is Cc1ccc(SC2COc3ccccc3C2N)cc1C. The summed E-state index contributed by atoms with van der Waals surface area (Å²) in [6.45, 7) is 4.94. The van der Waals surface area contributed by atoms with Crippen LogP contribution in [0.3, 0.4) is 0 Å². The molecule has 1 aliphatic rings. The van der Waals surface area contributed by atoms with E-state index in [2.05, 4.69) is 38.1 Å². The van der Waals surface area contributed by atoms with Gasteiger partial charge in [-0.1, -0.05) is 24.3 Å². The van der Waals surface area contributed by atoms with E-state index in [1.54, 1.807) is 0 Å². The number of rotatable bonds is 2. The monoisotopic (exact) mass is 285 g/mol. The van der Waals surface area contributed by atoms with Crippen molar-refractivity contribution < 1.29 is 4.74 Å². The fraction of sp³-hybridized carbons (Fsp3) is 0.294. The lowest BCUT2D eigenvalue weighted by atomic mass is 10.0. The van der Waals surface area contributed by atoms with Gasteiger partial charge in [0.05, 0.1) is 5.25 Å². The van der Waals surface area contributed by atoms with Crippen LogP contribution in [0.5, 0.6) is 5.75 Å². The molecule has 2 atom stereocenters. The number of hydrogen-bond donors (Lipinski definition) is 1. The van der Waals surface area contributed by atoms with Gasteiger partial charge in [-0.2, -0.15) is 0 Å². The average molecular weight is 285 g/mol. The predicted octanol–water partition coefficient (Wildman–Crippen LogP) is 3.86. The molecule has 2 N–H and O–H groups in total. The quantitative estimate of drug-likeness (QED) is 0.910. The van der Waals surface area contributed by atoms with Gasteiger partial charge in [0.1, 0.15) is 12.4 Å². The third-order valence-corrected chi connectivity index (χ3v) is 5.11. The van der Waals surface area contributed by atoms with Gasteiger partial charge in [0.2, 0.25) is 0 Å². The maximum atomic E-state index is 6.41.